The molecule has 0 bridgehead atoms. The second-order valence-corrected chi connectivity index (χ2v) is 7.54. The van der Waals surface area contributed by atoms with Gasteiger partial charge in [0.25, 0.3) is 0 Å². The molecule has 6 nitrogen and oxygen atoms in total. The summed E-state index contributed by atoms with van der Waals surface area (Å²) in [6.45, 7) is 4.47. The van der Waals surface area contributed by atoms with Gasteiger partial charge in [-0.15, -0.1) is 0 Å². The van der Waals surface area contributed by atoms with Crippen LogP contribution in [0.1, 0.15) is 25.0 Å². The molecule has 0 spiro atoms. The smallest absolute Gasteiger partial charge is 0.203 e. The summed E-state index contributed by atoms with van der Waals surface area (Å²) in [6, 6.07) is 3.92. The number of hydrogen-bond acceptors (Lipinski definition) is 6. The predicted octanol–water partition coefficient (Wildman–Crippen LogP) is 4.47. The van der Waals surface area contributed by atoms with Crippen molar-refractivity contribution in [2.75, 3.05) is 35.5 Å². The zero-order chi connectivity index (χ0) is 21.3. The van der Waals surface area contributed by atoms with Crippen LogP contribution in [-0.4, -0.2) is 40.7 Å². The Morgan fingerprint density at radius 1 is 0.655 bits per heavy atom. The molecule has 0 saturated heterocycles. The number of fused-ring (bicyclic) bond motifs is 3. The van der Waals surface area contributed by atoms with Crippen molar-refractivity contribution in [3.8, 4) is 45.6 Å². The minimum absolute atomic E-state index is 0.0374. The molecule has 158 valence electrons. The number of rotatable bonds is 5. The summed E-state index contributed by atoms with van der Waals surface area (Å²) in [5.41, 5.74) is 3.50. The molecule has 1 N–H and O–H groups in total. The average molecular weight is 402 g/mol. The van der Waals surface area contributed by atoms with E-state index < -0.39 is 0 Å². The van der Waals surface area contributed by atoms with E-state index in [-0.39, 0.29) is 5.75 Å². The largest absolute Gasteiger partial charge is 0.504 e. The van der Waals surface area contributed by atoms with Crippen molar-refractivity contribution >= 4 is 0 Å². The second kappa shape index (κ2) is 8.31. The Kier molecular flexibility index (Phi) is 6.01. The first kappa shape index (κ1) is 21.0. The van der Waals surface area contributed by atoms with Gasteiger partial charge in [0.05, 0.1) is 35.5 Å². The number of methoxy groups -OCH3 is 5. The van der Waals surface area contributed by atoms with Gasteiger partial charge in [0, 0.05) is 11.1 Å². The van der Waals surface area contributed by atoms with Gasteiger partial charge in [-0.3, -0.25) is 0 Å². The highest BCUT2D eigenvalue weighted by Crippen LogP contribution is 2.55. The summed E-state index contributed by atoms with van der Waals surface area (Å²) >= 11 is 0. The first-order valence-corrected chi connectivity index (χ1v) is 9.70. The molecule has 0 heterocycles. The molecule has 29 heavy (non-hydrogen) atoms. The zero-order valence-corrected chi connectivity index (χ0v) is 18.2. The van der Waals surface area contributed by atoms with Crippen molar-refractivity contribution in [3.05, 3.63) is 23.3 Å². The van der Waals surface area contributed by atoms with Crippen molar-refractivity contribution in [2.24, 2.45) is 11.8 Å². The van der Waals surface area contributed by atoms with Gasteiger partial charge in [-0.1, -0.05) is 13.8 Å². The molecular formula is C23H30O6. The lowest BCUT2D eigenvalue weighted by molar-refractivity contribution is 0.320. The molecule has 1 aliphatic carbocycles. The number of aromatic hydroxyl groups is 1. The Hall–Kier alpha value is -2.76. The summed E-state index contributed by atoms with van der Waals surface area (Å²) in [5.74, 6) is 3.29. The molecule has 0 saturated carbocycles. The van der Waals surface area contributed by atoms with E-state index in [2.05, 4.69) is 13.8 Å². The summed E-state index contributed by atoms with van der Waals surface area (Å²) in [4.78, 5) is 0. The Balaban J connectivity index is 2.47. The van der Waals surface area contributed by atoms with E-state index in [4.69, 9.17) is 23.7 Å². The molecule has 0 radical (unpaired) electrons. The fourth-order valence-electron chi connectivity index (χ4n) is 4.21. The van der Waals surface area contributed by atoms with Gasteiger partial charge >= 0.3 is 0 Å². The molecule has 2 aromatic carbocycles. The average Bonchev–Trinajstić information content (AvgIpc) is 2.72. The minimum atomic E-state index is 0.0374. The highest BCUT2D eigenvalue weighted by atomic mass is 16.5. The van der Waals surface area contributed by atoms with Crippen LogP contribution in [0.5, 0.6) is 34.5 Å². The first-order chi connectivity index (χ1) is 13.9. The van der Waals surface area contributed by atoms with Crippen molar-refractivity contribution in [1.82, 2.24) is 0 Å². The summed E-state index contributed by atoms with van der Waals surface area (Å²) in [5, 5.41) is 11.2. The van der Waals surface area contributed by atoms with E-state index in [1.54, 1.807) is 28.4 Å². The molecule has 2 atom stereocenters. The van der Waals surface area contributed by atoms with Gasteiger partial charge in [0.2, 0.25) is 11.5 Å². The number of phenols is 1. The van der Waals surface area contributed by atoms with Crippen molar-refractivity contribution < 1.29 is 28.8 Å². The van der Waals surface area contributed by atoms with E-state index in [1.807, 2.05) is 12.1 Å². The Morgan fingerprint density at radius 2 is 1.10 bits per heavy atom. The quantitative estimate of drug-likeness (QED) is 0.796. The van der Waals surface area contributed by atoms with Crippen LogP contribution in [0.15, 0.2) is 12.1 Å². The third-order valence-electron chi connectivity index (χ3n) is 5.94. The monoisotopic (exact) mass is 402 g/mol. The van der Waals surface area contributed by atoms with Gasteiger partial charge in [0.15, 0.2) is 23.0 Å². The van der Waals surface area contributed by atoms with Crippen molar-refractivity contribution in [1.29, 1.82) is 0 Å². The molecule has 0 fully saturated rings. The number of hydrogen-bond donors (Lipinski definition) is 1. The van der Waals surface area contributed by atoms with E-state index >= 15 is 0 Å². The standard InChI is InChI=1S/C23H30O6/c1-12-8-14-10-16(25-3)21(27-5)20(24)18(14)19-15(9-13(12)2)11-17(26-4)22(28-6)23(19)29-7/h10-13,24H,8-9H2,1-7H3/t12-,13-/m1/s1. The highest BCUT2D eigenvalue weighted by Gasteiger charge is 2.32. The molecule has 3 rings (SSSR count). The van der Waals surface area contributed by atoms with E-state index in [9.17, 15) is 5.11 Å². The van der Waals surface area contributed by atoms with Crippen molar-refractivity contribution in [3.63, 3.8) is 0 Å². The minimum Gasteiger partial charge on any atom is -0.504 e. The normalized spacial score (nSPS) is 18.0. The lowest BCUT2D eigenvalue weighted by Gasteiger charge is -2.30. The van der Waals surface area contributed by atoms with Crippen LogP contribution in [0, 0.1) is 11.8 Å². The van der Waals surface area contributed by atoms with Gasteiger partial charge in [-0.25, -0.2) is 0 Å². The fourth-order valence-corrected chi connectivity index (χ4v) is 4.21. The van der Waals surface area contributed by atoms with Crippen LogP contribution in [0.4, 0.5) is 0 Å². The maximum Gasteiger partial charge on any atom is 0.203 e. The Bertz CT molecular complexity index is 905. The number of phenolic OH excluding ortho intramolecular Hbond substituents is 1. The van der Waals surface area contributed by atoms with Crippen LogP contribution in [0.3, 0.4) is 0 Å². The Labute approximate surface area is 172 Å². The topological polar surface area (TPSA) is 66.4 Å². The number of ether oxygens (including phenoxy) is 5. The molecule has 1 aliphatic rings. The third kappa shape index (κ3) is 3.41. The van der Waals surface area contributed by atoms with E-state index in [0.717, 1.165) is 29.5 Å². The molecule has 6 heteroatoms. The zero-order valence-electron chi connectivity index (χ0n) is 18.2. The maximum absolute atomic E-state index is 11.2. The van der Waals surface area contributed by atoms with Crippen LogP contribution in [0.25, 0.3) is 11.1 Å². The van der Waals surface area contributed by atoms with Crippen LogP contribution in [-0.2, 0) is 12.8 Å². The lowest BCUT2D eigenvalue weighted by Crippen LogP contribution is -2.18. The maximum atomic E-state index is 11.2. The van der Waals surface area contributed by atoms with Crippen LogP contribution < -0.4 is 23.7 Å². The summed E-state index contributed by atoms with van der Waals surface area (Å²) in [6.07, 6.45) is 1.61. The molecular weight excluding hydrogens is 372 g/mol. The van der Waals surface area contributed by atoms with Gasteiger partial charge in [-0.05, 0) is 47.9 Å². The molecule has 0 amide bonds. The van der Waals surface area contributed by atoms with Gasteiger partial charge in [0.1, 0.15) is 0 Å². The lowest BCUT2D eigenvalue weighted by atomic mass is 9.77. The fraction of sp³-hybridized carbons (Fsp3) is 0.478. The predicted molar refractivity (Wildman–Crippen MR) is 112 cm³/mol. The van der Waals surface area contributed by atoms with Crippen LogP contribution >= 0.6 is 0 Å². The van der Waals surface area contributed by atoms with Gasteiger partial charge in [-0.2, -0.15) is 0 Å². The third-order valence-corrected chi connectivity index (χ3v) is 5.94. The second-order valence-electron chi connectivity index (χ2n) is 7.54. The molecule has 2 aromatic rings. The van der Waals surface area contributed by atoms with Crippen LogP contribution in [0.2, 0.25) is 0 Å². The number of benzene rings is 2. The highest BCUT2D eigenvalue weighted by molar-refractivity contribution is 5.88. The molecule has 0 aromatic heterocycles. The summed E-state index contributed by atoms with van der Waals surface area (Å²) < 4.78 is 27.9. The summed E-state index contributed by atoms with van der Waals surface area (Å²) in [7, 11) is 7.87. The Morgan fingerprint density at radius 3 is 1.55 bits per heavy atom. The van der Waals surface area contributed by atoms with E-state index in [1.165, 1.54) is 7.11 Å². The van der Waals surface area contributed by atoms with Gasteiger partial charge < -0.3 is 28.8 Å². The first-order valence-electron chi connectivity index (χ1n) is 9.70. The van der Waals surface area contributed by atoms with Crippen molar-refractivity contribution in [2.45, 2.75) is 26.7 Å². The molecule has 0 aliphatic heterocycles. The SMILES string of the molecule is COc1cc2c(c(O)c1OC)-c1c(cc(OC)c(OC)c1OC)C[C@@H](C)[C@H](C)C2. The molecule has 0 unspecified atom stereocenters. The van der Waals surface area contributed by atoms with E-state index in [0.29, 0.717) is 46.1 Å².